The standard InChI is InChI=1S/C21H25ClO2/c1-3-15-4-6-16(7-5-15)11-18-12-17(8-9-20(18)22)21-13-19(23)10-14(2)24-21/h4-9,12,14,19,21,23H,3,10-11,13H2,1-2H3/t14-,19+,21?/m1/s1. The molecular formula is C21H25ClO2. The maximum Gasteiger partial charge on any atom is 0.0853 e. The Morgan fingerprint density at radius 3 is 2.46 bits per heavy atom. The molecule has 128 valence electrons. The van der Waals surface area contributed by atoms with E-state index in [1.54, 1.807) is 0 Å². The predicted octanol–water partition coefficient (Wildman–Crippen LogP) is 5.09. The molecule has 0 radical (unpaired) electrons. The molecule has 0 saturated carbocycles. The average molecular weight is 345 g/mol. The molecule has 0 aromatic heterocycles. The van der Waals surface area contributed by atoms with Crippen LogP contribution in [-0.2, 0) is 17.6 Å². The number of rotatable bonds is 4. The Kier molecular flexibility index (Phi) is 5.60. The van der Waals surface area contributed by atoms with Gasteiger partial charge in [-0.25, -0.2) is 0 Å². The van der Waals surface area contributed by atoms with Gasteiger partial charge in [0.25, 0.3) is 0 Å². The van der Waals surface area contributed by atoms with E-state index in [1.807, 2.05) is 19.1 Å². The summed E-state index contributed by atoms with van der Waals surface area (Å²) in [5.41, 5.74) is 4.81. The number of benzene rings is 2. The van der Waals surface area contributed by atoms with Gasteiger partial charge in [0.05, 0.1) is 18.3 Å². The van der Waals surface area contributed by atoms with E-state index >= 15 is 0 Å². The Balaban J connectivity index is 1.80. The van der Waals surface area contributed by atoms with Gasteiger partial charge in [-0.05, 0) is 54.5 Å². The van der Waals surface area contributed by atoms with Crippen molar-refractivity contribution >= 4 is 11.6 Å². The fourth-order valence-electron chi connectivity index (χ4n) is 3.38. The largest absolute Gasteiger partial charge is 0.393 e. The van der Waals surface area contributed by atoms with E-state index in [-0.39, 0.29) is 18.3 Å². The van der Waals surface area contributed by atoms with Gasteiger partial charge in [0.1, 0.15) is 0 Å². The van der Waals surface area contributed by atoms with Crippen molar-refractivity contribution < 1.29 is 9.84 Å². The van der Waals surface area contributed by atoms with Crippen LogP contribution in [0.5, 0.6) is 0 Å². The molecule has 1 saturated heterocycles. The zero-order valence-electron chi connectivity index (χ0n) is 14.3. The van der Waals surface area contributed by atoms with Crippen molar-refractivity contribution in [2.24, 2.45) is 0 Å². The number of halogens is 1. The second-order valence-electron chi connectivity index (χ2n) is 6.76. The maximum atomic E-state index is 10.0. The van der Waals surface area contributed by atoms with Crippen molar-refractivity contribution in [3.8, 4) is 0 Å². The Bertz CT molecular complexity index is 671. The van der Waals surface area contributed by atoms with Gasteiger partial charge in [0.15, 0.2) is 0 Å². The summed E-state index contributed by atoms with van der Waals surface area (Å²) in [5.74, 6) is 0. The third-order valence-electron chi connectivity index (χ3n) is 4.75. The second-order valence-corrected chi connectivity index (χ2v) is 7.17. The van der Waals surface area contributed by atoms with E-state index in [4.69, 9.17) is 16.3 Å². The second kappa shape index (κ2) is 7.69. The molecule has 1 N–H and O–H groups in total. The molecule has 2 nitrogen and oxygen atoms in total. The highest BCUT2D eigenvalue weighted by molar-refractivity contribution is 6.31. The van der Waals surface area contributed by atoms with Gasteiger partial charge >= 0.3 is 0 Å². The van der Waals surface area contributed by atoms with Crippen LogP contribution < -0.4 is 0 Å². The quantitative estimate of drug-likeness (QED) is 0.836. The lowest BCUT2D eigenvalue weighted by Crippen LogP contribution is -2.29. The predicted molar refractivity (Wildman–Crippen MR) is 98.6 cm³/mol. The maximum absolute atomic E-state index is 10.0. The summed E-state index contributed by atoms with van der Waals surface area (Å²) in [5, 5.41) is 10.8. The number of aliphatic hydroxyl groups is 1. The van der Waals surface area contributed by atoms with Gasteiger partial charge in [-0.2, -0.15) is 0 Å². The van der Waals surface area contributed by atoms with Crippen LogP contribution in [0, 0.1) is 0 Å². The highest BCUT2D eigenvalue weighted by Gasteiger charge is 2.27. The van der Waals surface area contributed by atoms with Crippen LogP contribution in [-0.4, -0.2) is 17.3 Å². The first-order valence-electron chi connectivity index (χ1n) is 8.74. The molecule has 1 fully saturated rings. The molecule has 2 aromatic carbocycles. The van der Waals surface area contributed by atoms with E-state index in [9.17, 15) is 5.11 Å². The van der Waals surface area contributed by atoms with Gasteiger partial charge < -0.3 is 9.84 Å². The van der Waals surface area contributed by atoms with Crippen LogP contribution in [0.15, 0.2) is 42.5 Å². The molecule has 3 heteroatoms. The normalized spacial score (nSPS) is 24.1. The Morgan fingerprint density at radius 1 is 1.08 bits per heavy atom. The van der Waals surface area contributed by atoms with Gasteiger partial charge in [0, 0.05) is 11.4 Å². The minimum absolute atomic E-state index is 0.0535. The minimum atomic E-state index is -0.292. The monoisotopic (exact) mass is 344 g/mol. The Labute approximate surface area is 149 Å². The van der Waals surface area contributed by atoms with E-state index < -0.39 is 0 Å². The summed E-state index contributed by atoms with van der Waals surface area (Å²) < 4.78 is 6.02. The van der Waals surface area contributed by atoms with Crippen molar-refractivity contribution in [1.82, 2.24) is 0 Å². The first-order valence-corrected chi connectivity index (χ1v) is 9.12. The number of hydrogen-bond donors (Lipinski definition) is 1. The Morgan fingerprint density at radius 2 is 1.79 bits per heavy atom. The van der Waals surface area contributed by atoms with E-state index in [2.05, 4.69) is 37.3 Å². The lowest BCUT2D eigenvalue weighted by Gasteiger charge is -2.31. The zero-order valence-corrected chi connectivity index (χ0v) is 15.1. The van der Waals surface area contributed by atoms with Gasteiger partial charge in [-0.15, -0.1) is 0 Å². The average Bonchev–Trinajstić information content (AvgIpc) is 2.56. The molecule has 1 unspecified atom stereocenters. The smallest absolute Gasteiger partial charge is 0.0853 e. The molecule has 0 spiro atoms. The van der Waals surface area contributed by atoms with Crippen LogP contribution in [0.4, 0.5) is 0 Å². The van der Waals surface area contributed by atoms with Crippen molar-refractivity contribution in [3.05, 3.63) is 69.7 Å². The summed E-state index contributed by atoms with van der Waals surface area (Å²) in [4.78, 5) is 0. The fraction of sp³-hybridized carbons (Fsp3) is 0.429. The van der Waals surface area contributed by atoms with Crippen LogP contribution in [0.1, 0.15) is 55.0 Å². The molecule has 3 atom stereocenters. The molecule has 1 aliphatic heterocycles. The molecular weight excluding hydrogens is 320 g/mol. The molecule has 0 amide bonds. The van der Waals surface area contributed by atoms with Crippen LogP contribution in [0.2, 0.25) is 5.02 Å². The summed E-state index contributed by atoms with van der Waals surface area (Å²) >= 11 is 6.41. The molecule has 2 aromatic rings. The third kappa shape index (κ3) is 4.18. The van der Waals surface area contributed by atoms with Crippen LogP contribution >= 0.6 is 11.6 Å². The number of hydrogen-bond acceptors (Lipinski definition) is 2. The van der Waals surface area contributed by atoms with Crippen molar-refractivity contribution in [3.63, 3.8) is 0 Å². The number of aliphatic hydroxyl groups excluding tert-OH is 1. The first-order chi connectivity index (χ1) is 11.5. The Hall–Kier alpha value is -1.35. The highest BCUT2D eigenvalue weighted by atomic mass is 35.5. The number of aryl methyl sites for hydroxylation is 1. The van der Waals surface area contributed by atoms with Crippen molar-refractivity contribution in [2.45, 2.75) is 57.8 Å². The molecule has 1 heterocycles. The number of ether oxygens (including phenoxy) is 1. The molecule has 0 bridgehead atoms. The lowest BCUT2D eigenvalue weighted by atomic mass is 9.94. The van der Waals surface area contributed by atoms with Crippen LogP contribution in [0.3, 0.4) is 0 Å². The van der Waals surface area contributed by atoms with Crippen molar-refractivity contribution in [2.75, 3.05) is 0 Å². The van der Waals surface area contributed by atoms with Gasteiger partial charge in [-0.1, -0.05) is 54.9 Å². The summed E-state index contributed by atoms with van der Waals surface area (Å²) in [6.07, 6.45) is 2.95. The van der Waals surface area contributed by atoms with E-state index in [1.165, 1.54) is 11.1 Å². The molecule has 3 rings (SSSR count). The first kappa shape index (κ1) is 17.5. The SMILES string of the molecule is CCc1ccc(Cc2cc(C3C[C@@H](O)C[C@@H](C)O3)ccc2Cl)cc1. The molecule has 1 aliphatic rings. The topological polar surface area (TPSA) is 29.5 Å². The van der Waals surface area contributed by atoms with Gasteiger partial charge in [0.2, 0.25) is 0 Å². The minimum Gasteiger partial charge on any atom is -0.393 e. The fourth-order valence-corrected chi connectivity index (χ4v) is 3.56. The summed E-state index contributed by atoms with van der Waals surface area (Å²) in [6, 6.07) is 14.8. The van der Waals surface area contributed by atoms with Crippen LogP contribution in [0.25, 0.3) is 0 Å². The van der Waals surface area contributed by atoms with E-state index in [0.29, 0.717) is 12.8 Å². The lowest BCUT2D eigenvalue weighted by molar-refractivity contribution is -0.0895. The third-order valence-corrected chi connectivity index (χ3v) is 5.12. The van der Waals surface area contributed by atoms with E-state index in [0.717, 1.165) is 29.0 Å². The zero-order chi connectivity index (χ0) is 17.1. The van der Waals surface area contributed by atoms with Crippen molar-refractivity contribution in [1.29, 1.82) is 0 Å². The van der Waals surface area contributed by atoms with Gasteiger partial charge in [-0.3, -0.25) is 0 Å². The summed E-state index contributed by atoms with van der Waals surface area (Å²) in [7, 11) is 0. The summed E-state index contributed by atoms with van der Waals surface area (Å²) in [6.45, 7) is 4.18. The highest BCUT2D eigenvalue weighted by Crippen LogP contribution is 2.33. The molecule has 0 aliphatic carbocycles. The molecule has 24 heavy (non-hydrogen) atoms.